The molecule has 0 atom stereocenters. The molecule has 0 saturated heterocycles. The molecule has 2 nitrogen and oxygen atoms in total. The summed E-state index contributed by atoms with van der Waals surface area (Å²) in [7, 11) is 0. The average Bonchev–Trinajstić information content (AvgIpc) is 3.00. The summed E-state index contributed by atoms with van der Waals surface area (Å²) in [6.07, 6.45) is 4.61. The molecular formula is C12H12N2. The zero-order valence-electron chi connectivity index (χ0n) is 8.20. The van der Waals surface area contributed by atoms with Crippen molar-refractivity contribution in [2.45, 2.75) is 25.7 Å². The lowest BCUT2D eigenvalue weighted by atomic mass is 10.1. The van der Waals surface area contributed by atoms with Crippen LogP contribution < -0.4 is 0 Å². The maximum atomic E-state index is 4.39. The van der Waals surface area contributed by atoms with Crippen molar-refractivity contribution < 1.29 is 0 Å². The number of hydrogen-bond donors (Lipinski definition) is 0. The smallest absolute Gasteiger partial charge is 0.125 e. The van der Waals surface area contributed by atoms with E-state index in [-0.39, 0.29) is 0 Å². The van der Waals surface area contributed by atoms with E-state index in [9.17, 15) is 0 Å². The molecule has 1 aliphatic rings. The van der Waals surface area contributed by atoms with Gasteiger partial charge in [-0.15, -0.1) is 0 Å². The highest BCUT2D eigenvalue weighted by Crippen LogP contribution is 2.40. The molecule has 2 aromatic rings. The Morgan fingerprint density at radius 1 is 1.29 bits per heavy atom. The van der Waals surface area contributed by atoms with Gasteiger partial charge in [-0.3, -0.25) is 0 Å². The Balaban J connectivity index is 2.18. The first-order valence-electron chi connectivity index (χ1n) is 5.06. The maximum absolute atomic E-state index is 4.39. The lowest BCUT2D eigenvalue weighted by Crippen LogP contribution is -1.88. The van der Waals surface area contributed by atoms with Crippen LogP contribution in [0.25, 0.3) is 10.9 Å². The molecule has 1 aromatic heterocycles. The Morgan fingerprint density at radius 2 is 2.14 bits per heavy atom. The number of fused-ring (bicyclic) bond motifs is 1. The van der Waals surface area contributed by atoms with Crippen LogP contribution in [0.5, 0.6) is 0 Å². The minimum Gasteiger partial charge on any atom is -0.241 e. The molecule has 1 fully saturated rings. The third-order valence-electron chi connectivity index (χ3n) is 2.77. The first-order chi connectivity index (χ1) is 6.83. The van der Waals surface area contributed by atoms with Crippen molar-refractivity contribution >= 4 is 10.9 Å². The maximum Gasteiger partial charge on any atom is 0.125 e. The third kappa shape index (κ3) is 1.27. The average molecular weight is 184 g/mol. The van der Waals surface area contributed by atoms with Crippen molar-refractivity contribution in [3.63, 3.8) is 0 Å². The van der Waals surface area contributed by atoms with Crippen molar-refractivity contribution in [1.82, 2.24) is 9.97 Å². The van der Waals surface area contributed by atoms with Gasteiger partial charge in [0.1, 0.15) is 5.82 Å². The summed E-state index contributed by atoms with van der Waals surface area (Å²) in [5.41, 5.74) is 2.51. The number of hydrogen-bond acceptors (Lipinski definition) is 2. The van der Waals surface area contributed by atoms with E-state index in [2.05, 4.69) is 28.2 Å². The minimum atomic E-state index is 0.806. The van der Waals surface area contributed by atoms with Crippen LogP contribution in [-0.2, 0) is 0 Å². The standard InChI is InChI=1S/C12H12N2/c1-8-13-7-11-6-10(9-2-3-9)4-5-12(11)14-8/h4-7,9H,2-3H2,1H3. The number of aryl methyl sites for hydroxylation is 1. The lowest BCUT2D eigenvalue weighted by Gasteiger charge is -2.01. The molecule has 1 aliphatic carbocycles. The minimum absolute atomic E-state index is 0.806. The van der Waals surface area contributed by atoms with E-state index < -0.39 is 0 Å². The molecule has 1 heterocycles. The van der Waals surface area contributed by atoms with Gasteiger partial charge in [0.2, 0.25) is 0 Å². The van der Waals surface area contributed by atoms with Crippen LogP contribution >= 0.6 is 0 Å². The van der Waals surface area contributed by atoms with Gasteiger partial charge in [0.15, 0.2) is 0 Å². The summed E-state index contributed by atoms with van der Waals surface area (Å²) in [4.78, 5) is 8.60. The summed E-state index contributed by atoms with van der Waals surface area (Å²) >= 11 is 0. The van der Waals surface area contributed by atoms with Gasteiger partial charge in [-0.1, -0.05) is 6.07 Å². The molecule has 0 spiro atoms. The van der Waals surface area contributed by atoms with E-state index in [1.54, 1.807) is 0 Å². The highest BCUT2D eigenvalue weighted by Gasteiger charge is 2.23. The van der Waals surface area contributed by atoms with Gasteiger partial charge in [0.05, 0.1) is 5.52 Å². The highest BCUT2D eigenvalue weighted by atomic mass is 14.9. The first-order valence-corrected chi connectivity index (χ1v) is 5.06. The zero-order chi connectivity index (χ0) is 9.54. The second kappa shape index (κ2) is 2.77. The SMILES string of the molecule is Cc1ncc2cc(C3CC3)ccc2n1. The molecule has 0 aliphatic heterocycles. The van der Waals surface area contributed by atoms with Gasteiger partial charge in [0, 0.05) is 11.6 Å². The Bertz CT molecular complexity index is 487. The van der Waals surface area contributed by atoms with Crippen LogP contribution in [0, 0.1) is 6.92 Å². The van der Waals surface area contributed by atoms with E-state index in [1.165, 1.54) is 23.8 Å². The van der Waals surface area contributed by atoms with E-state index in [4.69, 9.17) is 0 Å². The van der Waals surface area contributed by atoms with Crippen LogP contribution in [0.15, 0.2) is 24.4 Å². The molecule has 2 heteroatoms. The highest BCUT2D eigenvalue weighted by molar-refractivity contribution is 5.78. The van der Waals surface area contributed by atoms with E-state index in [0.29, 0.717) is 0 Å². The fraction of sp³-hybridized carbons (Fsp3) is 0.333. The molecule has 3 rings (SSSR count). The summed E-state index contributed by atoms with van der Waals surface area (Å²) in [6, 6.07) is 6.54. The van der Waals surface area contributed by atoms with Crippen LogP contribution in [0.1, 0.15) is 30.1 Å². The van der Waals surface area contributed by atoms with Crippen molar-refractivity contribution in [3.8, 4) is 0 Å². The Labute approximate surface area is 83.0 Å². The lowest BCUT2D eigenvalue weighted by molar-refractivity contribution is 1.08. The van der Waals surface area contributed by atoms with Crippen molar-refractivity contribution in [1.29, 1.82) is 0 Å². The normalized spacial score (nSPS) is 16.1. The van der Waals surface area contributed by atoms with Gasteiger partial charge in [-0.05, 0) is 43.4 Å². The van der Waals surface area contributed by atoms with E-state index in [1.807, 2.05) is 13.1 Å². The fourth-order valence-electron chi connectivity index (χ4n) is 1.81. The van der Waals surface area contributed by atoms with Crippen molar-refractivity contribution in [2.75, 3.05) is 0 Å². The largest absolute Gasteiger partial charge is 0.241 e. The molecule has 0 unspecified atom stereocenters. The summed E-state index contributed by atoms with van der Waals surface area (Å²) in [5, 5.41) is 1.17. The molecule has 14 heavy (non-hydrogen) atoms. The number of aromatic nitrogens is 2. The van der Waals surface area contributed by atoms with Crippen molar-refractivity contribution in [3.05, 3.63) is 35.8 Å². The van der Waals surface area contributed by atoms with Gasteiger partial charge >= 0.3 is 0 Å². The molecule has 0 bridgehead atoms. The van der Waals surface area contributed by atoms with Crippen LogP contribution in [-0.4, -0.2) is 9.97 Å². The van der Waals surface area contributed by atoms with Crippen molar-refractivity contribution in [2.24, 2.45) is 0 Å². The molecule has 1 aromatic carbocycles. The number of nitrogens with zero attached hydrogens (tertiary/aromatic N) is 2. The van der Waals surface area contributed by atoms with E-state index in [0.717, 1.165) is 17.3 Å². The van der Waals surface area contributed by atoms with Gasteiger partial charge in [0.25, 0.3) is 0 Å². The zero-order valence-corrected chi connectivity index (χ0v) is 8.20. The third-order valence-corrected chi connectivity index (χ3v) is 2.77. The van der Waals surface area contributed by atoms with Crippen LogP contribution in [0.3, 0.4) is 0 Å². The van der Waals surface area contributed by atoms with Gasteiger partial charge < -0.3 is 0 Å². The summed E-state index contributed by atoms with van der Waals surface area (Å²) in [5.74, 6) is 1.65. The first kappa shape index (κ1) is 7.92. The second-order valence-corrected chi connectivity index (χ2v) is 4.01. The molecule has 0 radical (unpaired) electrons. The van der Waals surface area contributed by atoms with Crippen LogP contribution in [0.4, 0.5) is 0 Å². The topological polar surface area (TPSA) is 25.8 Å². The quantitative estimate of drug-likeness (QED) is 0.681. The molecular weight excluding hydrogens is 172 g/mol. The molecule has 0 amide bonds. The van der Waals surface area contributed by atoms with E-state index >= 15 is 0 Å². The molecule has 1 saturated carbocycles. The predicted molar refractivity (Wildman–Crippen MR) is 56.3 cm³/mol. The summed E-state index contributed by atoms with van der Waals surface area (Å²) < 4.78 is 0. The van der Waals surface area contributed by atoms with Crippen LogP contribution in [0.2, 0.25) is 0 Å². The monoisotopic (exact) mass is 184 g/mol. The summed E-state index contributed by atoms with van der Waals surface area (Å²) in [6.45, 7) is 1.92. The predicted octanol–water partition coefficient (Wildman–Crippen LogP) is 2.82. The number of rotatable bonds is 1. The molecule has 0 N–H and O–H groups in total. The Morgan fingerprint density at radius 3 is 2.93 bits per heavy atom. The number of benzene rings is 1. The van der Waals surface area contributed by atoms with Gasteiger partial charge in [-0.2, -0.15) is 0 Å². The Hall–Kier alpha value is -1.44. The fourth-order valence-corrected chi connectivity index (χ4v) is 1.81. The second-order valence-electron chi connectivity index (χ2n) is 4.01. The Kier molecular flexibility index (Phi) is 1.57. The molecule has 70 valence electrons. The van der Waals surface area contributed by atoms with Gasteiger partial charge in [-0.25, -0.2) is 9.97 Å².